The average molecular weight is 587 g/mol. The van der Waals surface area contributed by atoms with E-state index < -0.39 is 5.41 Å². The maximum absolute atomic E-state index is 13.2. The number of hydrogen-bond donors (Lipinski definition) is 1. The molecular formula is C31H31ClN6O2S. The Hall–Kier alpha value is -3.71. The molecule has 0 bridgehead atoms. The van der Waals surface area contributed by atoms with Gasteiger partial charge < -0.3 is 9.88 Å². The Morgan fingerprint density at radius 1 is 1.17 bits per heavy atom. The summed E-state index contributed by atoms with van der Waals surface area (Å²) in [6, 6.07) is 12.5. The van der Waals surface area contributed by atoms with E-state index in [1.807, 2.05) is 44.3 Å². The summed E-state index contributed by atoms with van der Waals surface area (Å²) < 4.78 is 6.06. The second-order valence-electron chi connectivity index (χ2n) is 11.2. The van der Waals surface area contributed by atoms with Crippen molar-refractivity contribution in [2.24, 2.45) is 5.41 Å². The Morgan fingerprint density at radius 2 is 1.95 bits per heavy atom. The second kappa shape index (κ2) is 10.6. The average Bonchev–Trinajstić information content (AvgIpc) is 3.56. The van der Waals surface area contributed by atoms with Gasteiger partial charge in [-0.3, -0.25) is 18.9 Å². The van der Waals surface area contributed by atoms with Crippen molar-refractivity contribution in [2.75, 3.05) is 13.1 Å². The van der Waals surface area contributed by atoms with E-state index in [9.17, 15) is 14.9 Å². The van der Waals surface area contributed by atoms with Crippen molar-refractivity contribution in [1.82, 2.24) is 24.0 Å². The number of aryl methyl sites for hydroxylation is 1. The highest BCUT2D eigenvalue weighted by atomic mass is 35.5. The third-order valence-electron chi connectivity index (χ3n) is 8.09. The fourth-order valence-electron chi connectivity index (χ4n) is 5.89. The van der Waals surface area contributed by atoms with E-state index in [-0.39, 0.29) is 23.8 Å². The van der Waals surface area contributed by atoms with Crippen LogP contribution in [-0.2, 0) is 13.1 Å². The van der Waals surface area contributed by atoms with Gasteiger partial charge in [0.15, 0.2) is 0 Å². The van der Waals surface area contributed by atoms with Gasteiger partial charge in [0.05, 0.1) is 33.8 Å². The highest BCUT2D eigenvalue weighted by Gasteiger charge is 2.33. The minimum Gasteiger partial charge on any atom is -0.345 e. The largest absolute Gasteiger partial charge is 0.345 e. The molecule has 0 atom stereocenters. The number of rotatable bonds is 6. The van der Waals surface area contributed by atoms with E-state index in [1.165, 1.54) is 15.9 Å². The highest BCUT2D eigenvalue weighted by Crippen LogP contribution is 2.40. The van der Waals surface area contributed by atoms with E-state index in [0.29, 0.717) is 17.1 Å². The maximum atomic E-state index is 13.2. The molecule has 0 radical (unpaired) electrons. The number of benzene rings is 1. The number of nitrogens with zero attached hydrogens (tertiary/aromatic N) is 5. The molecular weight excluding hydrogens is 556 g/mol. The zero-order valence-corrected chi connectivity index (χ0v) is 24.8. The molecule has 5 aromatic rings. The first-order chi connectivity index (χ1) is 19.7. The molecule has 8 nitrogen and oxygen atoms in total. The van der Waals surface area contributed by atoms with Crippen molar-refractivity contribution in [2.45, 2.75) is 52.7 Å². The highest BCUT2D eigenvalue weighted by molar-refractivity contribution is 7.19. The van der Waals surface area contributed by atoms with Crippen LogP contribution in [0.25, 0.3) is 32.2 Å². The number of thiophene rings is 1. The molecule has 0 spiro atoms. The minimum absolute atomic E-state index is 0.0600. The number of fused-ring (bicyclic) bond motifs is 2. The molecule has 1 aliphatic heterocycles. The number of halogens is 1. The molecule has 0 unspecified atom stereocenters. The van der Waals surface area contributed by atoms with Gasteiger partial charge in [-0.2, -0.15) is 5.26 Å². The van der Waals surface area contributed by atoms with Crippen LogP contribution >= 0.6 is 22.9 Å². The quantitative estimate of drug-likeness (QED) is 0.274. The van der Waals surface area contributed by atoms with Gasteiger partial charge in [-0.15, -0.1) is 11.3 Å². The molecule has 0 amide bonds. The normalized spacial score (nSPS) is 15.1. The number of hydrogen-bond acceptors (Lipinski definition) is 6. The van der Waals surface area contributed by atoms with E-state index >= 15 is 0 Å². The zero-order chi connectivity index (χ0) is 28.9. The van der Waals surface area contributed by atoms with Gasteiger partial charge in [0, 0.05) is 63.2 Å². The van der Waals surface area contributed by atoms with Gasteiger partial charge in [0.1, 0.15) is 0 Å². The van der Waals surface area contributed by atoms with Crippen LogP contribution < -0.4 is 16.6 Å². The number of nitriles is 1. The fourth-order valence-corrected chi connectivity index (χ4v) is 7.24. The number of piperidine rings is 1. The van der Waals surface area contributed by atoms with Crippen LogP contribution in [0.15, 0.2) is 58.5 Å². The van der Waals surface area contributed by atoms with Gasteiger partial charge >= 0.3 is 5.69 Å². The molecule has 1 N–H and O–H groups in total. The van der Waals surface area contributed by atoms with Crippen molar-refractivity contribution in [1.29, 1.82) is 5.26 Å². The monoisotopic (exact) mass is 586 g/mol. The summed E-state index contributed by atoms with van der Waals surface area (Å²) >= 11 is 8.16. The molecule has 5 heterocycles. The van der Waals surface area contributed by atoms with E-state index in [2.05, 4.69) is 27.0 Å². The molecule has 41 heavy (non-hydrogen) atoms. The van der Waals surface area contributed by atoms with Crippen molar-refractivity contribution < 1.29 is 0 Å². The summed E-state index contributed by atoms with van der Waals surface area (Å²) in [5.41, 5.74) is 3.27. The number of aromatic nitrogens is 4. The molecule has 4 aromatic heterocycles. The van der Waals surface area contributed by atoms with Crippen molar-refractivity contribution in [3.8, 4) is 17.2 Å². The van der Waals surface area contributed by atoms with Crippen molar-refractivity contribution >= 4 is 44.1 Å². The SMILES string of the molecule is Cc1cn(C(C)C)c(=O)n(Cc2cc3nccc(-c4cc(Cl)cc5ccn(CC6(C#N)CCNCC6)c45)c3s2)c1=O. The Morgan fingerprint density at radius 3 is 2.68 bits per heavy atom. The Kier molecular flexibility index (Phi) is 7.10. The Bertz CT molecular complexity index is 1950. The number of nitrogens with one attached hydrogen (secondary N) is 1. The van der Waals surface area contributed by atoms with E-state index in [4.69, 9.17) is 11.6 Å². The van der Waals surface area contributed by atoms with Crippen LogP contribution in [0.1, 0.15) is 43.2 Å². The lowest BCUT2D eigenvalue weighted by Crippen LogP contribution is -2.41. The summed E-state index contributed by atoms with van der Waals surface area (Å²) in [5, 5.41) is 15.2. The minimum atomic E-state index is -0.429. The summed E-state index contributed by atoms with van der Waals surface area (Å²) in [4.78, 5) is 31.6. The van der Waals surface area contributed by atoms with Crippen LogP contribution in [-0.4, -0.2) is 31.8 Å². The first-order valence-electron chi connectivity index (χ1n) is 13.8. The molecule has 210 valence electrons. The van der Waals surface area contributed by atoms with Crippen LogP contribution in [0, 0.1) is 23.7 Å². The lowest BCUT2D eigenvalue weighted by atomic mass is 9.80. The van der Waals surface area contributed by atoms with Crippen LogP contribution in [0.5, 0.6) is 0 Å². The Balaban J connectivity index is 1.47. The first kappa shape index (κ1) is 27.5. The molecule has 0 saturated carbocycles. The molecule has 10 heteroatoms. The molecule has 1 aromatic carbocycles. The van der Waals surface area contributed by atoms with Crippen LogP contribution in [0.3, 0.4) is 0 Å². The lowest BCUT2D eigenvalue weighted by molar-refractivity contribution is 0.247. The second-order valence-corrected chi connectivity index (χ2v) is 12.8. The standard InChI is InChI=1S/C31H31ClN6O2S/c1-19(2)37-15-20(3)29(39)38(30(37)40)16-23-14-26-28(41-23)24(4-8-35-26)25-13-22(32)12-21-5-11-36(27(21)25)18-31(17-33)6-9-34-10-7-31/h4-5,8,11-15,19,34H,6-7,9-10,16,18H2,1-3H3. The third-order valence-corrected chi connectivity index (χ3v) is 9.45. The van der Waals surface area contributed by atoms with Gasteiger partial charge in [-0.1, -0.05) is 11.6 Å². The van der Waals surface area contributed by atoms with Crippen LogP contribution in [0.2, 0.25) is 5.02 Å². The molecule has 6 rings (SSSR count). The predicted molar refractivity (Wildman–Crippen MR) is 165 cm³/mol. The van der Waals surface area contributed by atoms with Gasteiger partial charge in [-0.25, -0.2) is 4.79 Å². The van der Waals surface area contributed by atoms with Gasteiger partial charge in [0.25, 0.3) is 5.56 Å². The first-order valence-corrected chi connectivity index (χ1v) is 15.0. The maximum Gasteiger partial charge on any atom is 0.331 e. The summed E-state index contributed by atoms with van der Waals surface area (Å²) in [7, 11) is 0. The zero-order valence-electron chi connectivity index (χ0n) is 23.3. The molecule has 1 saturated heterocycles. The Labute approximate surface area is 246 Å². The summed E-state index contributed by atoms with van der Waals surface area (Å²) in [6.07, 6.45) is 7.07. The smallest absolute Gasteiger partial charge is 0.331 e. The van der Waals surface area contributed by atoms with Crippen molar-refractivity contribution in [3.63, 3.8) is 0 Å². The molecule has 1 fully saturated rings. The summed E-state index contributed by atoms with van der Waals surface area (Å²) in [6.45, 7) is 8.04. The van der Waals surface area contributed by atoms with E-state index in [1.54, 1.807) is 23.9 Å². The lowest BCUT2D eigenvalue weighted by Gasteiger charge is -2.32. The molecule has 1 aliphatic rings. The topological polar surface area (TPSA) is 97.6 Å². The number of pyridine rings is 1. The third kappa shape index (κ3) is 4.90. The van der Waals surface area contributed by atoms with E-state index in [0.717, 1.165) is 63.1 Å². The predicted octanol–water partition coefficient (Wildman–Crippen LogP) is 5.73. The van der Waals surface area contributed by atoms with Gasteiger partial charge in [0.2, 0.25) is 0 Å². The van der Waals surface area contributed by atoms with Crippen LogP contribution in [0.4, 0.5) is 0 Å². The van der Waals surface area contributed by atoms with Crippen molar-refractivity contribution in [3.05, 3.63) is 85.2 Å². The van der Waals surface area contributed by atoms with Gasteiger partial charge in [-0.05, 0) is 77.0 Å². The summed E-state index contributed by atoms with van der Waals surface area (Å²) in [5.74, 6) is 0. The fraction of sp³-hybridized carbons (Fsp3) is 0.355. The molecule has 0 aliphatic carbocycles.